The van der Waals surface area contributed by atoms with Gasteiger partial charge in [0, 0.05) is 70.0 Å². The molecule has 1 saturated heterocycles. The summed E-state index contributed by atoms with van der Waals surface area (Å²) in [7, 11) is 3.03. The van der Waals surface area contributed by atoms with Crippen molar-refractivity contribution in [3.05, 3.63) is 36.0 Å². The first-order chi connectivity index (χ1) is 17.5. The van der Waals surface area contributed by atoms with Gasteiger partial charge < -0.3 is 21.1 Å². The second-order valence-electron chi connectivity index (χ2n) is 10.8. The minimum absolute atomic E-state index is 0. The predicted molar refractivity (Wildman–Crippen MR) is 168 cm³/mol. The van der Waals surface area contributed by atoms with Crippen molar-refractivity contribution >= 4 is 8.58 Å². The molecule has 0 aromatic rings. The number of hydrogen-bond acceptors (Lipinski definition) is 3. The van der Waals surface area contributed by atoms with Gasteiger partial charge >= 0.3 is 0 Å². The fourth-order valence-electron chi connectivity index (χ4n) is 4.76. The van der Waals surface area contributed by atoms with E-state index >= 15 is 4.39 Å². The van der Waals surface area contributed by atoms with Crippen LogP contribution in [0.1, 0.15) is 120 Å². The van der Waals surface area contributed by atoms with Gasteiger partial charge in [0.2, 0.25) is 0 Å². The molecule has 3 nitrogen and oxygen atoms in total. The van der Waals surface area contributed by atoms with Crippen LogP contribution < -0.4 is 0 Å². The molecule has 2 aliphatic rings. The largest absolute Gasteiger partial charge is 0.530 e. The van der Waals surface area contributed by atoms with Gasteiger partial charge in [0.25, 0.3) is 0 Å². The molecular formula is C32H63FN2OPU-. The van der Waals surface area contributed by atoms with Crippen LogP contribution >= 0.6 is 8.58 Å². The van der Waals surface area contributed by atoms with Crippen molar-refractivity contribution < 1.29 is 40.2 Å². The molecule has 0 radical (unpaired) electrons. The SMILES string of the molecule is C/C=C/C(=C\N(C)C1CCN(CC2(F)CCCCCCC2)CC1)PC.CC.CC.[CH-]=C(C)OC(C)(C)C.[U]. The number of ether oxygens (including phenoxy) is 1. The van der Waals surface area contributed by atoms with E-state index in [1.807, 2.05) is 48.5 Å². The number of hydrogen-bond donors (Lipinski definition) is 0. The topological polar surface area (TPSA) is 15.7 Å². The molecule has 0 amide bonds. The maximum Gasteiger partial charge on any atom is 0.123 e. The van der Waals surface area contributed by atoms with Crippen LogP contribution in [0.25, 0.3) is 0 Å². The number of rotatable bonds is 7. The fourth-order valence-corrected chi connectivity index (χ4v) is 5.43. The molecule has 6 heteroatoms. The monoisotopic (exact) mass is 780 g/mol. The van der Waals surface area contributed by atoms with Crippen molar-refractivity contribution in [3.63, 3.8) is 0 Å². The Bertz CT molecular complexity index is 617. The third kappa shape index (κ3) is 21.9. The molecule has 1 atom stereocenters. The van der Waals surface area contributed by atoms with Gasteiger partial charge in [-0.05, 0) is 72.3 Å². The molecule has 1 unspecified atom stereocenters. The summed E-state index contributed by atoms with van der Waals surface area (Å²) in [6.07, 6.45) is 16.4. The maximum absolute atomic E-state index is 15.3. The Kier molecular flexibility index (Phi) is 28.0. The molecule has 1 saturated carbocycles. The molecule has 0 N–H and O–H groups in total. The van der Waals surface area contributed by atoms with Crippen molar-refractivity contribution in [2.24, 2.45) is 0 Å². The van der Waals surface area contributed by atoms with Crippen molar-refractivity contribution in [1.82, 2.24) is 9.80 Å². The quantitative estimate of drug-likeness (QED) is 0.111. The molecule has 0 aromatic heterocycles. The number of halogens is 1. The van der Waals surface area contributed by atoms with Crippen LogP contribution in [-0.2, 0) is 4.74 Å². The first-order valence-corrected chi connectivity index (χ1v) is 16.4. The van der Waals surface area contributed by atoms with Crippen LogP contribution in [0.5, 0.6) is 0 Å². The molecule has 2 fully saturated rings. The number of alkyl halides is 1. The number of likely N-dealkylation sites (tertiary alicyclic amines) is 1. The molecule has 38 heavy (non-hydrogen) atoms. The van der Waals surface area contributed by atoms with E-state index in [2.05, 4.69) is 48.8 Å². The van der Waals surface area contributed by atoms with Gasteiger partial charge in [0.15, 0.2) is 0 Å². The summed E-state index contributed by atoms with van der Waals surface area (Å²) in [6.45, 7) is 28.0. The fraction of sp³-hybridized carbons (Fsp3) is 0.812. The van der Waals surface area contributed by atoms with Gasteiger partial charge in [0.05, 0.1) is 5.60 Å². The molecule has 1 aliphatic heterocycles. The van der Waals surface area contributed by atoms with Crippen LogP contribution in [0.15, 0.2) is 29.4 Å². The average Bonchev–Trinajstić information content (AvgIpc) is 2.83. The normalized spacial score (nSPS) is 18.9. The molecule has 0 spiro atoms. The van der Waals surface area contributed by atoms with Crippen molar-refractivity contribution in [1.29, 1.82) is 0 Å². The zero-order valence-corrected chi connectivity index (χ0v) is 32.2. The Morgan fingerprint density at radius 2 is 1.53 bits per heavy atom. The number of allylic oxidation sites excluding steroid dienone is 4. The smallest absolute Gasteiger partial charge is 0.123 e. The predicted octanol–water partition coefficient (Wildman–Crippen LogP) is 9.75. The molecule has 0 aromatic carbocycles. The van der Waals surface area contributed by atoms with Gasteiger partial charge in [-0.15, -0.1) is 0 Å². The van der Waals surface area contributed by atoms with Crippen LogP contribution in [0.2, 0.25) is 0 Å². The van der Waals surface area contributed by atoms with E-state index in [4.69, 9.17) is 11.3 Å². The molecule has 1 aliphatic carbocycles. The van der Waals surface area contributed by atoms with E-state index < -0.39 is 5.67 Å². The molecule has 0 bridgehead atoms. The van der Waals surface area contributed by atoms with Gasteiger partial charge in [-0.2, -0.15) is 0 Å². The van der Waals surface area contributed by atoms with Crippen LogP contribution in [0, 0.1) is 37.7 Å². The van der Waals surface area contributed by atoms with Gasteiger partial charge in [0.1, 0.15) is 5.67 Å². The van der Waals surface area contributed by atoms with Gasteiger partial charge in [-0.3, -0.25) is 0 Å². The first kappa shape index (κ1) is 42.7. The summed E-state index contributed by atoms with van der Waals surface area (Å²) >= 11 is 0. The number of nitrogens with zero attached hydrogens (tertiary/aromatic N) is 2. The Balaban J connectivity index is -0.000000801. The van der Waals surface area contributed by atoms with Gasteiger partial charge in [-0.1, -0.05) is 86.3 Å². The summed E-state index contributed by atoms with van der Waals surface area (Å²) < 4.78 is 20.4. The van der Waals surface area contributed by atoms with Crippen LogP contribution in [0.3, 0.4) is 0 Å². The number of piperidine rings is 1. The standard InChI is InChI=1S/C21H38FN2P.C7H13O.2C2H6.U/c1-4-10-20(25-3)17-23(2)19-11-15-24(16-12-19)18-21(22)13-8-6-5-7-9-14-21;1-6(2)8-7(3,4)5;2*1-2;/h4,10,17,19,25H,5-9,11-16,18H2,1-3H3;1H,2-5H3;2*1-2H3;/q;-1;;;/b10-4+,20-17+;;;;. The first-order valence-electron chi connectivity index (χ1n) is 14.9. The van der Waals surface area contributed by atoms with E-state index in [0.717, 1.165) is 60.2 Å². The molecule has 1 heterocycles. The second-order valence-corrected chi connectivity index (χ2v) is 11.8. The summed E-state index contributed by atoms with van der Waals surface area (Å²) in [6, 6.07) is 0.598. The summed E-state index contributed by atoms with van der Waals surface area (Å²) in [5.74, 6) is 0.525. The third-order valence-electron chi connectivity index (χ3n) is 6.33. The van der Waals surface area contributed by atoms with Crippen molar-refractivity contribution in [2.75, 3.05) is 33.3 Å². The zero-order valence-electron chi connectivity index (χ0n) is 27.1. The Morgan fingerprint density at radius 3 is 1.89 bits per heavy atom. The molecule has 224 valence electrons. The van der Waals surface area contributed by atoms with Crippen molar-refractivity contribution in [3.8, 4) is 0 Å². The zero-order chi connectivity index (χ0) is 28.9. The van der Waals surface area contributed by atoms with E-state index in [1.54, 1.807) is 6.92 Å². The Hall–Kier alpha value is 0.192. The average molecular weight is 780 g/mol. The minimum Gasteiger partial charge on any atom is -0.530 e. The third-order valence-corrected chi connectivity index (χ3v) is 7.21. The van der Waals surface area contributed by atoms with E-state index in [9.17, 15) is 0 Å². The minimum atomic E-state index is -0.929. The summed E-state index contributed by atoms with van der Waals surface area (Å²) in [5.41, 5.74) is -1.07. The Morgan fingerprint density at radius 1 is 1.05 bits per heavy atom. The Labute approximate surface area is 264 Å². The van der Waals surface area contributed by atoms with Crippen molar-refractivity contribution in [2.45, 2.75) is 137 Å². The summed E-state index contributed by atoms with van der Waals surface area (Å²) in [5, 5.41) is 1.41. The van der Waals surface area contributed by atoms with Crippen LogP contribution in [-0.4, -0.2) is 60.5 Å². The van der Waals surface area contributed by atoms with Gasteiger partial charge in [-0.25, -0.2) is 4.39 Å². The van der Waals surface area contributed by atoms with Crippen LogP contribution in [0.4, 0.5) is 4.39 Å². The second kappa shape index (κ2) is 24.9. The van der Waals surface area contributed by atoms with E-state index in [0.29, 0.717) is 18.3 Å². The van der Waals surface area contributed by atoms with E-state index in [-0.39, 0.29) is 36.7 Å². The molecular weight excluding hydrogens is 716 g/mol. The molecule has 2 rings (SSSR count). The van der Waals surface area contributed by atoms with E-state index in [1.165, 1.54) is 24.6 Å². The summed E-state index contributed by atoms with van der Waals surface area (Å²) in [4.78, 5) is 4.79. The maximum atomic E-state index is 15.3.